The number of aliphatic carboxylic acids is 1. The lowest BCUT2D eigenvalue weighted by Crippen LogP contribution is -2.58. The molecule has 0 heterocycles. The molecule has 0 bridgehead atoms. The predicted octanol–water partition coefficient (Wildman–Crippen LogP) is 0.247. The molecule has 0 aromatic rings. The van der Waals surface area contributed by atoms with Gasteiger partial charge in [0.15, 0.2) is 5.54 Å². The zero-order valence-corrected chi connectivity index (χ0v) is 8.63. The summed E-state index contributed by atoms with van der Waals surface area (Å²) >= 11 is 0. The van der Waals surface area contributed by atoms with Gasteiger partial charge in [-0.2, -0.15) is 8.78 Å². The average Bonchev–Trinajstić information content (AvgIpc) is 2.02. The minimum absolute atomic E-state index is 0.386. The summed E-state index contributed by atoms with van der Waals surface area (Å²) < 4.78 is 29.5. The van der Waals surface area contributed by atoms with Gasteiger partial charge in [-0.15, -0.1) is 0 Å². The van der Waals surface area contributed by atoms with E-state index in [1.165, 1.54) is 7.11 Å². The van der Waals surface area contributed by atoms with Crippen LogP contribution in [0.25, 0.3) is 0 Å². The number of alkyl halides is 2. The summed E-state index contributed by atoms with van der Waals surface area (Å²) in [5.41, 5.74) is -1.86. The predicted molar refractivity (Wildman–Crippen MR) is 46.7 cm³/mol. The van der Waals surface area contributed by atoms with E-state index in [1.54, 1.807) is 5.32 Å². The smallest absolute Gasteiger partial charge is 0.331 e. The second-order valence-electron chi connectivity index (χ2n) is 3.41. The van der Waals surface area contributed by atoms with Crippen molar-refractivity contribution in [1.82, 2.24) is 5.32 Å². The first-order chi connectivity index (χ1) is 6.63. The van der Waals surface area contributed by atoms with Crippen LogP contribution in [0.2, 0.25) is 0 Å². The molecule has 2 N–H and O–H groups in total. The second kappa shape index (κ2) is 4.52. The summed E-state index contributed by atoms with van der Waals surface area (Å²) in [5.74, 6) is -6.71. The van der Waals surface area contributed by atoms with Gasteiger partial charge in [-0.25, -0.2) is 4.79 Å². The van der Waals surface area contributed by atoms with Gasteiger partial charge >= 0.3 is 11.9 Å². The van der Waals surface area contributed by atoms with E-state index in [1.807, 2.05) is 0 Å². The van der Waals surface area contributed by atoms with E-state index in [2.05, 4.69) is 4.74 Å². The quantitative estimate of drug-likeness (QED) is 0.703. The number of carboxylic acids is 1. The molecular formula is C8H13F2NO4. The minimum Gasteiger partial charge on any atom is -0.479 e. The van der Waals surface area contributed by atoms with Crippen LogP contribution in [0, 0.1) is 0 Å². The van der Waals surface area contributed by atoms with E-state index in [0.29, 0.717) is 6.92 Å². The van der Waals surface area contributed by atoms with E-state index in [-0.39, 0.29) is 0 Å². The minimum atomic E-state index is -3.62. The fourth-order valence-electron chi connectivity index (χ4n) is 0.800. The van der Waals surface area contributed by atoms with E-state index >= 15 is 0 Å². The number of rotatable bonds is 5. The van der Waals surface area contributed by atoms with Gasteiger partial charge in [0.1, 0.15) is 0 Å². The summed E-state index contributed by atoms with van der Waals surface area (Å²) in [6, 6.07) is 0. The van der Waals surface area contributed by atoms with Gasteiger partial charge in [0.25, 0.3) is 5.91 Å². The molecule has 0 spiro atoms. The lowest BCUT2D eigenvalue weighted by atomic mass is 10.0. The average molecular weight is 225 g/mol. The Kier molecular flexibility index (Phi) is 4.15. The molecule has 1 unspecified atom stereocenters. The third-order valence-corrected chi connectivity index (χ3v) is 1.69. The highest BCUT2D eigenvalue weighted by molar-refractivity contribution is 5.90. The molecule has 0 aliphatic carbocycles. The summed E-state index contributed by atoms with van der Waals surface area (Å²) in [7, 11) is 1.21. The van der Waals surface area contributed by atoms with Crippen molar-refractivity contribution in [2.24, 2.45) is 0 Å². The Hall–Kier alpha value is -1.24. The molecule has 5 nitrogen and oxygen atoms in total. The standard InChI is InChI=1S/C8H13F2NO4/c1-7(4-15-3,6(13)14)11-5(12)8(2,9)10/h4H2,1-3H3,(H,11,12)(H,13,14). The Morgan fingerprint density at radius 2 is 1.87 bits per heavy atom. The summed E-state index contributed by atoms with van der Waals surface area (Å²) in [5, 5.41) is 10.5. The molecule has 0 saturated heterocycles. The topological polar surface area (TPSA) is 75.6 Å². The van der Waals surface area contributed by atoms with Crippen LogP contribution in [-0.4, -0.2) is 42.2 Å². The van der Waals surface area contributed by atoms with Crippen molar-refractivity contribution in [3.8, 4) is 0 Å². The highest BCUT2D eigenvalue weighted by Gasteiger charge is 2.41. The third kappa shape index (κ3) is 3.78. The van der Waals surface area contributed by atoms with E-state index in [4.69, 9.17) is 5.11 Å². The second-order valence-corrected chi connectivity index (χ2v) is 3.41. The van der Waals surface area contributed by atoms with Crippen LogP contribution >= 0.6 is 0 Å². The monoisotopic (exact) mass is 225 g/mol. The molecule has 7 heteroatoms. The van der Waals surface area contributed by atoms with Crippen molar-refractivity contribution in [2.45, 2.75) is 25.3 Å². The Labute approximate surface area is 85.4 Å². The first-order valence-corrected chi connectivity index (χ1v) is 4.06. The SMILES string of the molecule is COCC(C)(NC(=O)C(C)(F)F)C(=O)O. The molecule has 0 saturated carbocycles. The molecule has 0 radical (unpaired) electrons. The van der Waals surface area contributed by atoms with Crippen LogP contribution in [0.15, 0.2) is 0 Å². The van der Waals surface area contributed by atoms with Gasteiger partial charge < -0.3 is 15.2 Å². The van der Waals surface area contributed by atoms with Crippen LogP contribution in [0.1, 0.15) is 13.8 Å². The van der Waals surface area contributed by atoms with E-state index < -0.39 is 29.9 Å². The highest BCUT2D eigenvalue weighted by Crippen LogP contribution is 2.14. The number of ether oxygens (including phenoxy) is 1. The van der Waals surface area contributed by atoms with Gasteiger partial charge in [0.2, 0.25) is 0 Å². The number of amides is 1. The molecule has 15 heavy (non-hydrogen) atoms. The van der Waals surface area contributed by atoms with Crippen molar-refractivity contribution in [1.29, 1.82) is 0 Å². The zero-order valence-electron chi connectivity index (χ0n) is 8.63. The Morgan fingerprint density at radius 3 is 2.13 bits per heavy atom. The van der Waals surface area contributed by atoms with E-state index in [0.717, 1.165) is 6.92 Å². The van der Waals surface area contributed by atoms with Gasteiger partial charge in [-0.1, -0.05) is 0 Å². The van der Waals surface area contributed by atoms with Crippen molar-refractivity contribution in [3.63, 3.8) is 0 Å². The maximum Gasteiger partial charge on any atom is 0.331 e. The summed E-state index contributed by atoms with van der Waals surface area (Å²) in [6.07, 6.45) is 0. The van der Waals surface area contributed by atoms with Gasteiger partial charge in [-0.3, -0.25) is 4.79 Å². The third-order valence-electron chi connectivity index (χ3n) is 1.69. The lowest BCUT2D eigenvalue weighted by Gasteiger charge is -2.26. The molecule has 0 aliphatic rings. The number of hydrogen-bond acceptors (Lipinski definition) is 3. The molecule has 1 amide bonds. The van der Waals surface area contributed by atoms with Crippen molar-refractivity contribution in [3.05, 3.63) is 0 Å². The fourth-order valence-corrected chi connectivity index (χ4v) is 0.800. The molecule has 0 aliphatic heterocycles. The summed E-state index contributed by atoms with van der Waals surface area (Å²) in [6.45, 7) is 1.07. The highest BCUT2D eigenvalue weighted by atomic mass is 19.3. The zero-order chi connectivity index (χ0) is 12.3. The van der Waals surface area contributed by atoms with Crippen molar-refractivity contribution < 1.29 is 28.2 Å². The Morgan fingerprint density at radius 1 is 1.40 bits per heavy atom. The number of methoxy groups -OCH3 is 1. The molecular weight excluding hydrogens is 212 g/mol. The first kappa shape index (κ1) is 13.8. The van der Waals surface area contributed by atoms with Crippen molar-refractivity contribution in [2.75, 3.05) is 13.7 Å². The maximum absolute atomic E-state index is 12.5. The van der Waals surface area contributed by atoms with Crippen LogP contribution in [0.4, 0.5) is 8.78 Å². The normalized spacial score (nSPS) is 15.5. The van der Waals surface area contributed by atoms with Crippen LogP contribution < -0.4 is 5.32 Å². The molecule has 1 atom stereocenters. The molecule has 0 aromatic heterocycles. The largest absolute Gasteiger partial charge is 0.479 e. The Bertz CT molecular complexity index is 264. The van der Waals surface area contributed by atoms with Crippen molar-refractivity contribution >= 4 is 11.9 Å². The number of carbonyl (C=O) groups excluding carboxylic acids is 1. The van der Waals surface area contributed by atoms with Crippen LogP contribution in [0.3, 0.4) is 0 Å². The van der Waals surface area contributed by atoms with Gasteiger partial charge in [0.05, 0.1) is 6.61 Å². The fraction of sp³-hybridized carbons (Fsp3) is 0.750. The van der Waals surface area contributed by atoms with E-state index in [9.17, 15) is 18.4 Å². The molecule has 88 valence electrons. The first-order valence-electron chi connectivity index (χ1n) is 4.06. The Balaban J connectivity index is 4.71. The lowest BCUT2D eigenvalue weighted by molar-refractivity contribution is -0.155. The van der Waals surface area contributed by atoms with Crippen LogP contribution in [0.5, 0.6) is 0 Å². The van der Waals surface area contributed by atoms with Crippen LogP contribution in [-0.2, 0) is 14.3 Å². The number of carboxylic acid groups (broad SMARTS) is 1. The van der Waals surface area contributed by atoms with Gasteiger partial charge in [-0.05, 0) is 6.92 Å². The number of hydrogen-bond donors (Lipinski definition) is 2. The number of carbonyl (C=O) groups is 2. The number of halogens is 2. The summed E-state index contributed by atoms with van der Waals surface area (Å²) in [4.78, 5) is 21.6. The molecule has 0 fully saturated rings. The molecule has 0 aromatic carbocycles. The molecule has 0 rings (SSSR count). The maximum atomic E-state index is 12.5. The number of nitrogens with one attached hydrogen (secondary N) is 1. The van der Waals surface area contributed by atoms with Gasteiger partial charge in [0, 0.05) is 14.0 Å².